The molecule has 0 amide bonds. The van der Waals surface area contributed by atoms with Crippen LogP contribution >= 0.6 is 0 Å². The molecule has 110 valence electrons. The molecular formula is C15H22N2O3. The van der Waals surface area contributed by atoms with Crippen LogP contribution in [0.3, 0.4) is 0 Å². The van der Waals surface area contributed by atoms with Crippen LogP contribution in [0.2, 0.25) is 0 Å². The number of rotatable bonds is 3. The minimum atomic E-state index is -0.613. The summed E-state index contributed by atoms with van der Waals surface area (Å²) in [6.07, 6.45) is 5.64. The Bertz CT molecular complexity index is 538. The maximum absolute atomic E-state index is 11.9. The first-order valence-corrected chi connectivity index (χ1v) is 7.19. The maximum atomic E-state index is 11.9. The minimum absolute atomic E-state index is 0.0215. The van der Waals surface area contributed by atoms with Crippen molar-refractivity contribution in [3.63, 3.8) is 0 Å². The number of carbonyl (C=O) groups excluding carboxylic acids is 1. The van der Waals surface area contributed by atoms with Gasteiger partial charge in [0.15, 0.2) is 0 Å². The summed E-state index contributed by atoms with van der Waals surface area (Å²) in [6.45, 7) is 6.49. The Kier molecular flexibility index (Phi) is 4.26. The van der Waals surface area contributed by atoms with Crippen molar-refractivity contribution in [3.05, 3.63) is 27.9 Å². The number of nitrogens with zero attached hydrogens (tertiary/aromatic N) is 1. The molecule has 2 rings (SSSR count). The summed E-state index contributed by atoms with van der Waals surface area (Å²) in [7, 11) is 0. The second-order valence-electron chi connectivity index (χ2n) is 6.17. The van der Waals surface area contributed by atoms with E-state index in [0.29, 0.717) is 11.2 Å². The van der Waals surface area contributed by atoms with Crippen LogP contribution in [0, 0.1) is 5.41 Å². The van der Waals surface area contributed by atoms with E-state index in [1.54, 1.807) is 6.92 Å². The smallest absolute Gasteiger partial charge is 0.345 e. The number of ether oxygens (including phenoxy) is 1. The molecule has 0 saturated heterocycles. The fourth-order valence-electron chi connectivity index (χ4n) is 2.64. The van der Waals surface area contributed by atoms with Crippen molar-refractivity contribution in [2.75, 3.05) is 6.61 Å². The van der Waals surface area contributed by atoms with Crippen molar-refractivity contribution >= 4 is 5.97 Å². The van der Waals surface area contributed by atoms with E-state index in [4.69, 9.17) is 4.74 Å². The number of hydrogen-bond donors (Lipinski definition) is 1. The molecule has 1 aliphatic rings. The molecule has 1 N–H and O–H groups in total. The number of carbonyl (C=O) groups is 1. The van der Waals surface area contributed by atoms with Crippen molar-refractivity contribution in [2.24, 2.45) is 5.41 Å². The summed E-state index contributed by atoms with van der Waals surface area (Å²) in [5, 5.41) is 0. The van der Waals surface area contributed by atoms with E-state index in [-0.39, 0.29) is 18.1 Å². The topological polar surface area (TPSA) is 72.0 Å². The second-order valence-corrected chi connectivity index (χ2v) is 6.17. The van der Waals surface area contributed by atoms with Crippen molar-refractivity contribution in [1.82, 2.24) is 9.97 Å². The quantitative estimate of drug-likeness (QED) is 0.863. The zero-order valence-electron chi connectivity index (χ0n) is 12.4. The van der Waals surface area contributed by atoms with E-state index < -0.39 is 11.5 Å². The highest BCUT2D eigenvalue weighted by Crippen LogP contribution is 2.41. The van der Waals surface area contributed by atoms with Crippen LogP contribution in [0.15, 0.2) is 11.0 Å². The molecule has 1 fully saturated rings. The molecule has 1 aliphatic carbocycles. The number of aromatic nitrogens is 2. The number of nitrogens with one attached hydrogen (secondary N) is 1. The summed E-state index contributed by atoms with van der Waals surface area (Å²) in [5.74, 6) is 0.364. The SMILES string of the molecule is CCOC(=O)c1cnc(C2CCC(C)(C)CC2)[nH]c1=O. The lowest BCUT2D eigenvalue weighted by molar-refractivity contribution is 0.0523. The van der Waals surface area contributed by atoms with E-state index in [2.05, 4.69) is 23.8 Å². The van der Waals surface area contributed by atoms with Gasteiger partial charge in [-0.3, -0.25) is 4.79 Å². The highest BCUT2D eigenvalue weighted by molar-refractivity contribution is 5.88. The lowest BCUT2D eigenvalue weighted by atomic mass is 9.73. The van der Waals surface area contributed by atoms with Crippen molar-refractivity contribution in [1.29, 1.82) is 0 Å². The van der Waals surface area contributed by atoms with Gasteiger partial charge in [0.25, 0.3) is 5.56 Å². The number of hydrogen-bond acceptors (Lipinski definition) is 4. The average molecular weight is 278 g/mol. The molecule has 1 aromatic heterocycles. The van der Waals surface area contributed by atoms with Crippen molar-refractivity contribution in [3.8, 4) is 0 Å². The molecule has 0 radical (unpaired) electrons. The lowest BCUT2D eigenvalue weighted by Gasteiger charge is -2.33. The summed E-state index contributed by atoms with van der Waals surface area (Å²) in [4.78, 5) is 30.5. The Morgan fingerprint density at radius 3 is 2.65 bits per heavy atom. The molecule has 0 spiro atoms. The predicted molar refractivity (Wildman–Crippen MR) is 75.8 cm³/mol. The first kappa shape index (κ1) is 14.8. The first-order chi connectivity index (χ1) is 9.43. The molecule has 0 atom stereocenters. The van der Waals surface area contributed by atoms with Crippen LogP contribution in [0.1, 0.15) is 68.6 Å². The number of aromatic amines is 1. The third-order valence-corrected chi connectivity index (χ3v) is 4.04. The van der Waals surface area contributed by atoms with Gasteiger partial charge < -0.3 is 9.72 Å². The molecule has 0 bridgehead atoms. The minimum Gasteiger partial charge on any atom is -0.462 e. The average Bonchev–Trinajstić information content (AvgIpc) is 2.38. The van der Waals surface area contributed by atoms with Crippen molar-refractivity contribution < 1.29 is 9.53 Å². The van der Waals surface area contributed by atoms with E-state index in [0.717, 1.165) is 25.7 Å². The molecule has 5 heteroatoms. The van der Waals surface area contributed by atoms with Gasteiger partial charge in [0.05, 0.1) is 6.61 Å². The Balaban J connectivity index is 2.14. The number of H-pyrrole nitrogens is 1. The van der Waals surface area contributed by atoms with Crippen LogP contribution in [0.4, 0.5) is 0 Å². The van der Waals surface area contributed by atoms with Gasteiger partial charge in [0.2, 0.25) is 0 Å². The second kappa shape index (κ2) is 5.77. The van der Waals surface area contributed by atoms with Crippen LogP contribution in [0.5, 0.6) is 0 Å². The fourth-order valence-corrected chi connectivity index (χ4v) is 2.64. The monoisotopic (exact) mass is 278 g/mol. The van der Waals surface area contributed by atoms with Gasteiger partial charge in [0, 0.05) is 12.1 Å². The summed E-state index contributed by atoms with van der Waals surface area (Å²) >= 11 is 0. The van der Waals surface area contributed by atoms with E-state index in [9.17, 15) is 9.59 Å². The van der Waals surface area contributed by atoms with Gasteiger partial charge in [-0.05, 0) is 38.0 Å². The van der Waals surface area contributed by atoms with Gasteiger partial charge in [-0.2, -0.15) is 0 Å². The van der Waals surface area contributed by atoms with E-state index in [1.807, 2.05) is 0 Å². The molecule has 0 unspecified atom stereocenters. The standard InChI is InChI=1S/C15H22N2O3/c1-4-20-14(19)11-9-16-12(17-13(11)18)10-5-7-15(2,3)8-6-10/h9-10H,4-8H2,1-3H3,(H,16,17,18). The van der Waals surface area contributed by atoms with Gasteiger partial charge in [-0.25, -0.2) is 9.78 Å². The fraction of sp³-hybridized carbons (Fsp3) is 0.667. The van der Waals surface area contributed by atoms with Crippen LogP contribution in [-0.4, -0.2) is 22.5 Å². The molecular weight excluding hydrogens is 256 g/mol. The Labute approximate surface area is 118 Å². The lowest BCUT2D eigenvalue weighted by Crippen LogP contribution is -2.26. The first-order valence-electron chi connectivity index (χ1n) is 7.19. The van der Waals surface area contributed by atoms with Crippen LogP contribution in [-0.2, 0) is 4.74 Å². The Morgan fingerprint density at radius 2 is 2.10 bits per heavy atom. The van der Waals surface area contributed by atoms with E-state index in [1.165, 1.54) is 6.20 Å². The zero-order chi connectivity index (χ0) is 14.8. The van der Waals surface area contributed by atoms with Gasteiger partial charge in [-0.1, -0.05) is 13.8 Å². The van der Waals surface area contributed by atoms with Gasteiger partial charge in [0.1, 0.15) is 11.4 Å². The van der Waals surface area contributed by atoms with Crippen LogP contribution < -0.4 is 5.56 Å². The summed E-state index contributed by atoms with van der Waals surface area (Å²) < 4.78 is 4.82. The third-order valence-electron chi connectivity index (χ3n) is 4.04. The Morgan fingerprint density at radius 1 is 1.45 bits per heavy atom. The molecule has 0 aliphatic heterocycles. The third kappa shape index (κ3) is 3.26. The molecule has 0 aromatic carbocycles. The van der Waals surface area contributed by atoms with Crippen LogP contribution in [0.25, 0.3) is 0 Å². The highest BCUT2D eigenvalue weighted by atomic mass is 16.5. The predicted octanol–water partition coefficient (Wildman–Crippen LogP) is 2.63. The molecule has 1 heterocycles. The molecule has 5 nitrogen and oxygen atoms in total. The Hall–Kier alpha value is -1.65. The summed E-state index contributed by atoms with van der Waals surface area (Å²) in [5.41, 5.74) is -0.0493. The van der Waals surface area contributed by atoms with Gasteiger partial charge >= 0.3 is 5.97 Å². The highest BCUT2D eigenvalue weighted by Gasteiger charge is 2.29. The molecule has 1 aromatic rings. The zero-order valence-corrected chi connectivity index (χ0v) is 12.4. The van der Waals surface area contributed by atoms with Crippen molar-refractivity contribution in [2.45, 2.75) is 52.4 Å². The van der Waals surface area contributed by atoms with E-state index >= 15 is 0 Å². The number of esters is 1. The molecule has 1 saturated carbocycles. The maximum Gasteiger partial charge on any atom is 0.345 e. The normalized spacial score (nSPS) is 18.8. The largest absolute Gasteiger partial charge is 0.462 e. The van der Waals surface area contributed by atoms with Gasteiger partial charge in [-0.15, -0.1) is 0 Å². The molecule has 20 heavy (non-hydrogen) atoms. The summed E-state index contributed by atoms with van der Waals surface area (Å²) in [6, 6.07) is 0.